The maximum absolute atomic E-state index is 10.9. The van der Waals surface area contributed by atoms with Gasteiger partial charge in [0.05, 0.1) is 0 Å². The smallest absolute Gasteiger partial charge is 0.336 e. The summed E-state index contributed by atoms with van der Waals surface area (Å²) >= 11 is 0. The summed E-state index contributed by atoms with van der Waals surface area (Å²) in [4.78, 5) is 10.9. The largest absolute Gasteiger partial charge is 0.423 e. The molecule has 3 rings (SSSR count). The monoisotopic (exact) mass is 187 g/mol. The van der Waals surface area contributed by atoms with Gasteiger partial charge < -0.3 is 4.42 Å². The Balaban J connectivity index is 2.63. The van der Waals surface area contributed by atoms with Crippen molar-refractivity contribution >= 4 is 22.0 Å². The first-order valence-corrected chi connectivity index (χ1v) is 4.08. The molecule has 0 unspecified atom stereocenters. The topological polar surface area (TPSA) is 71.8 Å². The summed E-state index contributed by atoms with van der Waals surface area (Å²) in [6.45, 7) is 0. The van der Waals surface area contributed by atoms with E-state index in [1.54, 1.807) is 18.2 Å². The Kier molecular flexibility index (Phi) is 1.25. The summed E-state index contributed by atoms with van der Waals surface area (Å²) in [5.74, 6) is 0. The number of hydrogen-bond acceptors (Lipinski definition) is 4. The van der Waals surface area contributed by atoms with E-state index in [0.717, 1.165) is 10.9 Å². The Bertz CT molecular complexity index is 668. The molecule has 1 aromatic carbocycles. The molecule has 3 aromatic rings. The second-order valence-corrected chi connectivity index (χ2v) is 2.92. The summed E-state index contributed by atoms with van der Waals surface area (Å²) in [6, 6.07) is 6.52. The van der Waals surface area contributed by atoms with Crippen LogP contribution in [-0.4, -0.2) is 15.4 Å². The highest BCUT2D eigenvalue weighted by atomic mass is 16.4. The van der Waals surface area contributed by atoms with E-state index in [1.807, 2.05) is 0 Å². The van der Waals surface area contributed by atoms with Gasteiger partial charge in [-0.15, -0.1) is 0 Å². The molecule has 0 fully saturated rings. The molecule has 0 amide bonds. The summed E-state index contributed by atoms with van der Waals surface area (Å²) in [5, 5.41) is 11.2. The van der Waals surface area contributed by atoms with E-state index in [1.165, 1.54) is 6.07 Å². The number of rotatable bonds is 0. The second kappa shape index (κ2) is 2.41. The number of nitrogens with zero attached hydrogens (tertiary/aromatic N) is 2. The molecular formula is C9H5N3O2. The van der Waals surface area contributed by atoms with Crippen LogP contribution < -0.4 is 5.63 Å². The first kappa shape index (κ1) is 7.25. The SMILES string of the molecule is O=c1ccc2c(ccc3n[nH]nc32)o1. The Hall–Kier alpha value is -2.17. The summed E-state index contributed by atoms with van der Waals surface area (Å²) < 4.78 is 5.00. The van der Waals surface area contributed by atoms with Crippen LogP contribution in [0.15, 0.2) is 33.5 Å². The number of aromatic amines is 1. The molecule has 0 radical (unpaired) electrons. The fraction of sp³-hybridized carbons (Fsp3) is 0. The van der Waals surface area contributed by atoms with Crippen molar-refractivity contribution in [2.45, 2.75) is 0 Å². The first-order valence-electron chi connectivity index (χ1n) is 4.08. The summed E-state index contributed by atoms with van der Waals surface area (Å²) in [5.41, 5.74) is 1.64. The van der Waals surface area contributed by atoms with Gasteiger partial charge in [0.1, 0.15) is 16.6 Å². The molecule has 0 saturated heterocycles. The Morgan fingerprint density at radius 3 is 3.00 bits per heavy atom. The van der Waals surface area contributed by atoms with E-state index < -0.39 is 0 Å². The number of fused-ring (bicyclic) bond motifs is 3. The van der Waals surface area contributed by atoms with Gasteiger partial charge in [-0.25, -0.2) is 4.79 Å². The molecule has 0 spiro atoms. The van der Waals surface area contributed by atoms with E-state index in [4.69, 9.17) is 4.42 Å². The number of H-pyrrole nitrogens is 1. The maximum Gasteiger partial charge on any atom is 0.336 e. The number of aromatic nitrogens is 3. The van der Waals surface area contributed by atoms with Crippen molar-refractivity contribution < 1.29 is 4.42 Å². The standard InChI is InChI=1S/C9H5N3O2/c13-8-4-1-5-7(14-8)3-2-6-9(5)11-12-10-6/h1-4H,(H,10,11,12). The quantitative estimate of drug-likeness (QED) is 0.534. The van der Waals surface area contributed by atoms with Crippen LogP contribution in [-0.2, 0) is 0 Å². The van der Waals surface area contributed by atoms with E-state index in [9.17, 15) is 4.79 Å². The van der Waals surface area contributed by atoms with Crippen molar-refractivity contribution in [3.63, 3.8) is 0 Å². The Morgan fingerprint density at radius 1 is 1.14 bits per heavy atom. The van der Waals surface area contributed by atoms with Gasteiger partial charge in [-0.05, 0) is 18.2 Å². The number of benzene rings is 1. The minimum atomic E-state index is -0.361. The van der Waals surface area contributed by atoms with E-state index in [2.05, 4.69) is 15.4 Å². The molecule has 0 saturated carbocycles. The van der Waals surface area contributed by atoms with E-state index in [0.29, 0.717) is 11.1 Å². The van der Waals surface area contributed by atoms with Crippen LogP contribution in [0.25, 0.3) is 22.0 Å². The molecule has 0 aliphatic carbocycles. The normalized spacial score (nSPS) is 11.1. The summed E-state index contributed by atoms with van der Waals surface area (Å²) in [7, 11) is 0. The van der Waals surface area contributed by atoms with Crippen molar-refractivity contribution in [1.82, 2.24) is 15.4 Å². The Labute approximate surface area is 77.3 Å². The highest BCUT2D eigenvalue weighted by Gasteiger charge is 2.05. The first-order chi connectivity index (χ1) is 6.84. The summed E-state index contributed by atoms with van der Waals surface area (Å²) in [6.07, 6.45) is 0. The van der Waals surface area contributed by atoms with Gasteiger partial charge in [0.25, 0.3) is 0 Å². The number of hydrogen-bond donors (Lipinski definition) is 1. The zero-order chi connectivity index (χ0) is 9.54. The average Bonchev–Trinajstić information content (AvgIpc) is 2.65. The third-order valence-corrected chi connectivity index (χ3v) is 2.08. The highest BCUT2D eigenvalue weighted by molar-refractivity contribution is 6.00. The van der Waals surface area contributed by atoms with Crippen molar-refractivity contribution in [2.24, 2.45) is 0 Å². The van der Waals surface area contributed by atoms with Gasteiger partial charge in [0.2, 0.25) is 0 Å². The van der Waals surface area contributed by atoms with Crippen molar-refractivity contribution in [3.8, 4) is 0 Å². The third-order valence-electron chi connectivity index (χ3n) is 2.08. The van der Waals surface area contributed by atoms with Crippen molar-refractivity contribution in [1.29, 1.82) is 0 Å². The lowest BCUT2D eigenvalue weighted by molar-refractivity contribution is 0.561. The fourth-order valence-electron chi connectivity index (χ4n) is 1.46. The van der Waals surface area contributed by atoms with Crippen LogP contribution in [0.4, 0.5) is 0 Å². The predicted molar refractivity (Wildman–Crippen MR) is 49.9 cm³/mol. The van der Waals surface area contributed by atoms with E-state index >= 15 is 0 Å². The minimum absolute atomic E-state index is 0.361. The van der Waals surface area contributed by atoms with Gasteiger partial charge in [0, 0.05) is 11.5 Å². The molecule has 14 heavy (non-hydrogen) atoms. The van der Waals surface area contributed by atoms with Gasteiger partial charge in [-0.1, -0.05) is 0 Å². The zero-order valence-corrected chi connectivity index (χ0v) is 7.02. The van der Waals surface area contributed by atoms with Gasteiger partial charge in [-0.2, -0.15) is 15.4 Å². The van der Waals surface area contributed by atoms with Crippen LogP contribution in [0, 0.1) is 0 Å². The predicted octanol–water partition coefficient (Wildman–Crippen LogP) is 1.06. The van der Waals surface area contributed by atoms with Crippen LogP contribution in [0.5, 0.6) is 0 Å². The van der Waals surface area contributed by atoms with Crippen molar-refractivity contribution in [2.75, 3.05) is 0 Å². The molecule has 5 heteroatoms. The lowest BCUT2D eigenvalue weighted by Gasteiger charge is -1.93. The molecule has 0 aliphatic heterocycles. The average molecular weight is 187 g/mol. The van der Waals surface area contributed by atoms with Crippen LogP contribution in [0.3, 0.4) is 0 Å². The minimum Gasteiger partial charge on any atom is -0.423 e. The zero-order valence-electron chi connectivity index (χ0n) is 7.02. The third kappa shape index (κ3) is 0.861. The Morgan fingerprint density at radius 2 is 2.07 bits per heavy atom. The van der Waals surface area contributed by atoms with Crippen LogP contribution >= 0.6 is 0 Å². The lowest BCUT2D eigenvalue weighted by Crippen LogP contribution is -1.94. The van der Waals surface area contributed by atoms with E-state index in [-0.39, 0.29) is 5.63 Å². The van der Waals surface area contributed by atoms with Crippen LogP contribution in [0.1, 0.15) is 0 Å². The lowest BCUT2D eigenvalue weighted by atomic mass is 10.2. The van der Waals surface area contributed by atoms with Gasteiger partial charge >= 0.3 is 5.63 Å². The molecule has 5 nitrogen and oxygen atoms in total. The second-order valence-electron chi connectivity index (χ2n) is 2.92. The fourth-order valence-corrected chi connectivity index (χ4v) is 1.46. The van der Waals surface area contributed by atoms with Gasteiger partial charge in [0.15, 0.2) is 0 Å². The maximum atomic E-state index is 10.9. The highest BCUT2D eigenvalue weighted by Crippen LogP contribution is 2.19. The number of nitrogens with one attached hydrogen (secondary N) is 1. The molecule has 2 heterocycles. The molecule has 68 valence electrons. The molecule has 0 atom stereocenters. The van der Waals surface area contributed by atoms with Crippen molar-refractivity contribution in [3.05, 3.63) is 34.7 Å². The molecule has 2 aromatic heterocycles. The molecule has 0 aliphatic rings. The van der Waals surface area contributed by atoms with Gasteiger partial charge in [-0.3, -0.25) is 0 Å². The molecule has 0 bridgehead atoms. The molecular weight excluding hydrogens is 182 g/mol. The van der Waals surface area contributed by atoms with Crippen LogP contribution in [0.2, 0.25) is 0 Å². The molecule has 1 N–H and O–H groups in total.